The molecule has 2 aliphatic rings. The Balaban J connectivity index is 1.34. The van der Waals surface area contributed by atoms with E-state index in [1.54, 1.807) is 18.4 Å². The number of rotatable bonds is 4. The predicted octanol–water partition coefficient (Wildman–Crippen LogP) is 3.91. The fourth-order valence-electron chi connectivity index (χ4n) is 3.83. The first-order chi connectivity index (χ1) is 13.0. The van der Waals surface area contributed by atoms with Crippen molar-refractivity contribution >= 4 is 16.5 Å². The summed E-state index contributed by atoms with van der Waals surface area (Å²) in [4.78, 5) is 4.51. The summed E-state index contributed by atoms with van der Waals surface area (Å²) in [5.74, 6) is -1.65. The number of alkyl halides is 2. The number of halogens is 2. The van der Waals surface area contributed by atoms with Gasteiger partial charge in [0.15, 0.2) is 0 Å². The van der Waals surface area contributed by atoms with Gasteiger partial charge in [-0.15, -0.1) is 10.2 Å². The summed E-state index contributed by atoms with van der Waals surface area (Å²) in [6.07, 6.45) is 1.97. The molecule has 0 N–H and O–H groups in total. The summed E-state index contributed by atoms with van der Waals surface area (Å²) in [6, 6.07) is 8.23. The molecule has 0 amide bonds. The fraction of sp³-hybridized carbons (Fsp3) is 0.579. The van der Waals surface area contributed by atoms with Gasteiger partial charge in [0, 0.05) is 50.6 Å². The molecule has 5 nitrogen and oxygen atoms in total. The van der Waals surface area contributed by atoms with Gasteiger partial charge in [-0.05, 0) is 37.1 Å². The Hall–Kier alpha value is -1.80. The number of aromatic nitrogens is 2. The van der Waals surface area contributed by atoms with Crippen LogP contribution in [-0.2, 0) is 0 Å². The molecule has 0 aliphatic carbocycles. The molecule has 0 unspecified atom stereocenters. The van der Waals surface area contributed by atoms with Crippen molar-refractivity contribution in [3.8, 4) is 16.3 Å². The van der Waals surface area contributed by atoms with E-state index in [4.69, 9.17) is 4.74 Å². The molecule has 27 heavy (non-hydrogen) atoms. The number of likely N-dealkylation sites (tertiary alicyclic amines) is 1. The molecule has 0 radical (unpaired) electrons. The second-order valence-corrected chi connectivity index (χ2v) is 8.18. The first-order valence-electron chi connectivity index (χ1n) is 9.39. The Labute approximate surface area is 162 Å². The molecular formula is C19H24F2N4OS. The number of ether oxygens (including phenoxy) is 1. The Morgan fingerprint density at radius 3 is 2.33 bits per heavy atom. The Morgan fingerprint density at radius 1 is 1.04 bits per heavy atom. The molecule has 2 saturated heterocycles. The van der Waals surface area contributed by atoms with Crippen molar-refractivity contribution in [3.05, 3.63) is 24.3 Å². The zero-order valence-electron chi connectivity index (χ0n) is 15.4. The van der Waals surface area contributed by atoms with Gasteiger partial charge in [0.25, 0.3) is 5.92 Å². The molecule has 3 heterocycles. The monoisotopic (exact) mass is 394 g/mol. The van der Waals surface area contributed by atoms with Crippen LogP contribution in [0.2, 0.25) is 0 Å². The minimum atomic E-state index is -2.47. The van der Waals surface area contributed by atoms with E-state index in [1.165, 1.54) is 0 Å². The molecule has 2 fully saturated rings. The van der Waals surface area contributed by atoms with Gasteiger partial charge >= 0.3 is 0 Å². The molecule has 0 saturated carbocycles. The molecule has 0 spiro atoms. The number of anilines is 1. The predicted molar refractivity (Wildman–Crippen MR) is 103 cm³/mol. The van der Waals surface area contributed by atoms with E-state index < -0.39 is 5.92 Å². The maximum atomic E-state index is 13.4. The topological polar surface area (TPSA) is 41.5 Å². The van der Waals surface area contributed by atoms with Gasteiger partial charge in [0.05, 0.1) is 7.11 Å². The van der Waals surface area contributed by atoms with Crippen molar-refractivity contribution in [3.63, 3.8) is 0 Å². The average Bonchev–Trinajstić information content (AvgIpc) is 3.18. The van der Waals surface area contributed by atoms with Crippen LogP contribution in [0.15, 0.2) is 24.3 Å². The normalized spacial score (nSPS) is 21.4. The lowest BCUT2D eigenvalue weighted by atomic mass is 9.99. The van der Waals surface area contributed by atoms with E-state index in [0.29, 0.717) is 19.1 Å². The minimum absolute atomic E-state index is 0.00512. The largest absolute Gasteiger partial charge is 0.497 e. The SMILES string of the molecule is COc1ccc(-c2nnc(N3CCC(N4CCC(F)(F)CC4)CC3)s2)cc1. The van der Waals surface area contributed by atoms with Gasteiger partial charge in [-0.1, -0.05) is 11.3 Å². The molecule has 0 atom stereocenters. The second-order valence-electron chi connectivity index (χ2n) is 7.23. The molecule has 4 rings (SSSR count). The molecule has 146 valence electrons. The number of methoxy groups -OCH3 is 1. The highest BCUT2D eigenvalue weighted by Crippen LogP contribution is 2.33. The van der Waals surface area contributed by atoms with E-state index >= 15 is 0 Å². The summed E-state index contributed by atoms with van der Waals surface area (Å²) in [6.45, 7) is 2.82. The van der Waals surface area contributed by atoms with Gasteiger partial charge in [-0.25, -0.2) is 8.78 Å². The lowest BCUT2D eigenvalue weighted by Gasteiger charge is -2.41. The van der Waals surface area contributed by atoms with Crippen molar-refractivity contribution in [1.82, 2.24) is 15.1 Å². The maximum absolute atomic E-state index is 13.4. The molecule has 0 bridgehead atoms. The number of piperidine rings is 2. The van der Waals surface area contributed by atoms with Crippen LogP contribution in [-0.4, -0.2) is 60.4 Å². The van der Waals surface area contributed by atoms with Crippen LogP contribution < -0.4 is 9.64 Å². The van der Waals surface area contributed by atoms with Crippen molar-refractivity contribution < 1.29 is 13.5 Å². The highest BCUT2D eigenvalue weighted by atomic mass is 32.1. The van der Waals surface area contributed by atoms with Crippen molar-refractivity contribution in [2.75, 3.05) is 38.2 Å². The van der Waals surface area contributed by atoms with Gasteiger partial charge in [0.2, 0.25) is 5.13 Å². The van der Waals surface area contributed by atoms with Crippen molar-refractivity contribution in [2.24, 2.45) is 0 Å². The molecule has 1 aromatic carbocycles. The third-order valence-corrected chi connectivity index (χ3v) is 6.57. The molecule has 2 aromatic rings. The summed E-state index contributed by atoms with van der Waals surface area (Å²) >= 11 is 1.59. The maximum Gasteiger partial charge on any atom is 0.250 e. The lowest BCUT2D eigenvalue weighted by molar-refractivity contribution is -0.0646. The minimum Gasteiger partial charge on any atom is -0.497 e. The molecule has 1 aromatic heterocycles. The quantitative estimate of drug-likeness (QED) is 0.786. The van der Waals surface area contributed by atoms with Crippen LogP contribution in [0, 0.1) is 0 Å². The summed E-state index contributed by atoms with van der Waals surface area (Å²) in [7, 11) is 1.65. The van der Waals surface area contributed by atoms with Gasteiger partial charge in [0.1, 0.15) is 10.8 Å². The van der Waals surface area contributed by atoms with Crippen LogP contribution >= 0.6 is 11.3 Å². The lowest BCUT2D eigenvalue weighted by Crippen LogP contribution is -2.49. The van der Waals surface area contributed by atoms with Crippen LogP contribution in [0.1, 0.15) is 25.7 Å². The van der Waals surface area contributed by atoms with E-state index in [0.717, 1.165) is 47.4 Å². The van der Waals surface area contributed by atoms with Crippen LogP contribution in [0.25, 0.3) is 10.6 Å². The second kappa shape index (κ2) is 7.67. The van der Waals surface area contributed by atoms with E-state index in [1.807, 2.05) is 24.3 Å². The number of hydrogen-bond donors (Lipinski definition) is 0. The summed E-state index contributed by atoms with van der Waals surface area (Å²) in [5, 5.41) is 10.5. The van der Waals surface area contributed by atoms with E-state index in [2.05, 4.69) is 20.0 Å². The zero-order valence-corrected chi connectivity index (χ0v) is 16.2. The smallest absolute Gasteiger partial charge is 0.250 e. The molecular weight excluding hydrogens is 370 g/mol. The highest BCUT2D eigenvalue weighted by molar-refractivity contribution is 7.18. The highest BCUT2D eigenvalue weighted by Gasteiger charge is 2.37. The third kappa shape index (κ3) is 4.21. The third-order valence-electron chi connectivity index (χ3n) is 5.53. The van der Waals surface area contributed by atoms with Crippen LogP contribution in [0.5, 0.6) is 5.75 Å². The van der Waals surface area contributed by atoms with Gasteiger partial charge in [-0.3, -0.25) is 4.90 Å². The van der Waals surface area contributed by atoms with Gasteiger partial charge < -0.3 is 9.64 Å². The summed E-state index contributed by atoms with van der Waals surface area (Å²) in [5.41, 5.74) is 1.03. The Kier molecular flexibility index (Phi) is 5.27. The van der Waals surface area contributed by atoms with Crippen LogP contribution in [0.4, 0.5) is 13.9 Å². The number of hydrogen-bond acceptors (Lipinski definition) is 6. The average molecular weight is 394 g/mol. The standard InChI is InChI=1S/C19H24F2N4OS/c1-26-16-4-2-14(3-5-16)17-22-23-18(27-17)25-10-6-15(7-11-25)24-12-8-19(20,21)9-13-24/h2-5,15H,6-13H2,1H3. The van der Waals surface area contributed by atoms with Gasteiger partial charge in [-0.2, -0.15) is 0 Å². The molecule has 2 aliphatic heterocycles. The summed E-state index contributed by atoms with van der Waals surface area (Å²) < 4.78 is 31.9. The van der Waals surface area contributed by atoms with Crippen molar-refractivity contribution in [1.29, 1.82) is 0 Å². The first kappa shape index (κ1) is 18.6. The van der Waals surface area contributed by atoms with Crippen molar-refractivity contribution in [2.45, 2.75) is 37.6 Å². The Morgan fingerprint density at radius 2 is 1.70 bits per heavy atom. The fourth-order valence-corrected chi connectivity index (χ4v) is 4.73. The number of nitrogens with zero attached hydrogens (tertiary/aromatic N) is 4. The van der Waals surface area contributed by atoms with E-state index in [9.17, 15) is 8.78 Å². The Bertz CT molecular complexity index is 749. The zero-order chi connectivity index (χ0) is 18.9. The number of benzene rings is 1. The first-order valence-corrected chi connectivity index (χ1v) is 10.2. The van der Waals surface area contributed by atoms with Crippen LogP contribution in [0.3, 0.4) is 0 Å². The molecule has 8 heteroatoms. The van der Waals surface area contributed by atoms with E-state index in [-0.39, 0.29) is 12.8 Å².